The van der Waals surface area contributed by atoms with Gasteiger partial charge in [-0.3, -0.25) is 4.90 Å². The second-order valence-corrected chi connectivity index (χ2v) is 9.13. The SMILES string of the molecule is COCOc1ccccc1-c1ccc2c(c1)CCCC2NC(=O)O[C@H]1CN2CCC1CC2. The molecule has 2 bridgehead atoms. The summed E-state index contributed by atoms with van der Waals surface area (Å²) in [5, 5.41) is 3.16. The summed E-state index contributed by atoms with van der Waals surface area (Å²) in [6.45, 7) is 3.39. The van der Waals surface area contributed by atoms with E-state index in [1.54, 1.807) is 7.11 Å². The number of para-hydroxylation sites is 1. The van der Waals surface area contributed by atoms with Crippen LogP contribution in [0.3, 0.4) is 0 Å². The zero-order valence-electron chi connectivity index (χ0n) is 18.7. The summed E-state index contributed by atoms with van der Waals surface area (Å²) in [6.07, 6.45) is 5.04. The van der Waals surface area contributed by atoms with E-state index in [1.807, 2.05) is 18.2 Å². The fourth-order valence-corrected chi connectivity index (χ4v) is 5.44. The smallest absolute Gasteiger partial charge is 0.407 e. The first-order valence-corrected chi connectivity index (χ1v) is 11.7. The first kappa shape index (κ1) is 21.3. The summed E-state index contributed by atoms with van der Waals surface area (Å²) in [6, 6.07) is 14.5. The van der Waals surface area contributed by atoms with Gasteiger partial charge in [0.15, 0.2) is 6.79 Å². The number of nitrogens with zero attached hydrogens (tertiary/aromatic N) is 1. The van der Waals surface area contributed by atoms with Crippen molar-refractivity contribution in [2.24, 2.45) is 5.92 Å². The van der Waals surface area contributed by atoms with Crippen molar-refractivity contribution >= 4 is 6.09 Å². The van der Waals surface area contributed by atoms with Crippen LogP contribution in [0.25, 0.3) is 11.1 Å². The molecule has 6 rings (SSSR count). The van der Waals surface area contributed by atoms with Crippen LogP contribution in [-0.2, 0) is 15.9 Å². The molecule has 3 saturated heterocycles. The fraction of sp³-hybridized carbons (Fsp3) is 0.500. The zero-order valence-corrected chi connectivity index (χ0v) is 18.7. The van der Waals surface area contributed by atoms with E-state index in [0.29, 0.717) is 5.92 Å². The van der Waals surface area contributed by atoms with Gasteiger partial charge < -0.3 is 19.5 Å². The zero-order chi connectivity index (χ0) is 21.9. The van der Waals surface area contributed by atoms with Crippen LogP contribution in [0.1, 0.15) is 42.9 Å². The van der Waals surface area contributed by atoms with Crippen molar-refractivity contribution < 1.29 is 19.0 Å². The van der Waals surface area contributed by atoms with Gasteiger partial charge in [0.2, 0.25) is 0 Å². The van der Waals surface area contributed by atoms with Crippen LogP contribution < -0.4 is 10.1 Å². The van der Waals surface area contributed by atoms with E-state index < -0.39 is 0 Å². The van der Waals surface area contributed by atoms with E-state index in [-0.39, 0.29) is 25.0 Å². The molecule has 0 spiro atoms. The minimum Gasteiger partial charge on any atom is -0.467 e. The molecule has 3 heterocycles. The summed E-state index contributed by atoms with van der Waals surface area (Å²) >= 11 is 0. The quantitative estimate of drug-likeness (QED) is 0.674. The van der Waals surface area contributed by atoms with E-state index in [9.17, 15) is 4.79 Å². The summed E-state index contributed by atoms with van der Waals surface area (Å²) in [7, 11) is 1.62. The third-order valence-electron chi connectivity index (χ3n) is 7.13. The number of benzene rings is 2. The third kappa shape index (κ3) is 4.48. The standard InChI is InChI=1S/C26H32N2O4/c1-30-17-31-24-8-3-2-6-22(24)20-9-10-21-19(15-20)5-4-7-23(21)27-26(29)32-25-16-28-13-11-18(25)12-14-28/h2-3,6,8-10,15,18,23,25H,4-5,7,11-14,16-17H2,1H3,(H,27,29)/t23?,25-/m0/s1. The fourth-order valence-electron chi connectivity index (χ4n) is 5.44. The van der Waals surface area contributed by atoms with Crippen molar-refractivity contribution in [3.63, 3.8) is 0 Å². The van der Waals surface area contributed by atoms with Gasteiger partial charge in [0.25, 0.3) is 0 Å². The number of carbonyl (C=O) groups excluding carboxylic acids is 1. The highest BCUT2D eigenvalue weighted by molar-refractivity contribution is 5.72. The number of alkyl carbamates (subject to hydrolysis) is 1. The number of rotatable bonds is 6. The van der Waals surface area contributed by atoms with Gasteiger partial charge in [-0.2, -0.15) is 0 Å². The Hall–Kier alpha value is -2.57. The highest BCUT2D eigenvalue weighted by atomic mass is 16.7. The minimum atomic E-state index is -0.274. The predicted molar refractivity (Wildman–Crippen MR) is 123 cm³/mol. The van der Waals surface area contributed by atoms with Crippen molar-refractivity contribution in [1.82, 2.24) is 10.2 Å². The molecule has 1 unspecified atom stereocenters. The van der Waals surface area contributed by atoms with Gasteiger partial charge >= 0.3 is 6.09 Å². The van der Waals surface area contributed by atoms with E-state index in [0.717, 1.165) is 68.6 Å². The molecule has 2 aromatic rings. The Morgan fingerprint density at radius 3 is 2.75 bits per heavy atom. The number of fused-ring (bicyclic) bond motifs is 4. The van der Waals surface area contributed by atoms with Crippen LogP contribution in [0.5, 0.6) is 5.75 Å². The first-order valence-electron chi connectivity index (χ1n) is 11.7. The number of hydrogen-bond acceptors (Lipinski definition) is 5. The maximum absolute atomic E-state index is 12.7. The Balaban J connectivity index is 1.29. The lowest BCUT2D eigenvalue weighted by Gasteiger charge is -2.44. The number of aryl methyl sites for hydroxylation is 1. The highest BCUT2D eigenvalue weighted by Gasteiger charge is 2.37. The Morgan fingerprint density at radius 1 is 1.12 bits per heavy atom. The minimum absolute atomic E-state index is 0.00127. The molecule has 0 saturated carbocycles. The Kier molecular flexibility index (Phi) is 6.32. The maximum Gasteiger partial charge on any atom is 0.407 e. The average Bonchev–Trinajstić information content (AvgIpc) is 2.83. The van der Waals surface area contributed by atoms with Crippen LogP contribution in [0, 0.1) is 5.92 Å². The molecule has 6 heteroatoms. The molecule has 3 aliphatic heterocycles. The van der Waals surface area contributed by atoms with Gasteiger partial charge in [0.1, 0.15) is 11.9 Å². The summed E-state index contributed by atoms with van der Waals surface area (Å²) < 4.78 is 16.7. The van der Waals surface area contributed by atoms with Crippen molar-refractivity contribution in [2.45, 2.75) is 44.2 Å². The van der Waals surface area contributed by atoms with Crippen molar-refractivity contribution in [1.29, 1.82) is 0 Å². The van der Waals surface area contributed by atoms with Crippen LogP contribution >= 0.6 is 0 Å². The number of amides is 1. The van der Waals surface area contributed by atoms with Crippen LogP contribution in [0.15, 0.2) is 42.5 Å². The molecular weight excluding hydrogens is 404 g/mol. The van der Waals surface area contributed by atoms with Gasteiger partial charge in [-0.15, -0.1) is 0 Å². The number of nitrogens with one attached hydrogen (secondary N) is 1. The number of methoxy groups -OCH3 is 1. The van der Waals surface area contributed by atoms with Crippen molar-refractivity contribution in [2.75, 3.05) is 33.5 Å². The van der Waals surface area contributed by atoms with Crippen molar-refractivity contribution in [3.8, 4) is 16.9 Å². The molecule has 1 N–H and O–H groups in total. The molecule has 6 nitrogen and oxygen atoms in total. The number of hydrogen-bond donors (Lipinski definition) is 1. The van der Waals surface area contributed by atoms with Crippen LogP contribution in [0.2, 0.25) is 0 Å². The Morgan fingerprint density at radius 2 is 1.97 bits per heavy atom. The third-order valence-corrected chi connectivity index (χ3v) is 7.13. The normalized spacial score (nSPS) is 26.3. The van der Waals surface area contributed by atoms with Crippen LogP contribution in [-0.4, -0.2) is 50.6 Å². The predicted octanol–water partition coefficient (Wildman–Crippen LogP) is 4.53. The lowest BCUT2D eigenvalue weighted by molar-refractivity contribution is -0.0340. The average molecular weight is 437 g/mol. The topological polar surface area (TPSA) is 60.0 Å². The maximum atomic E-state index is 12.7. The van der Waals surface area contributed by atoms with Crippen molar-refractivity contribution in [3.05, 3.63) is 53.6 Å². The number of piperidine rings is 3. The van der Waals surface area contributed by atoms with E-state index >= 15 is 0 Å². The molecule has 2 atom stereocenters. The van der Waals surface area contributed by atoms with E-state index in [1.165, 1.54) is 11.1 Å². The molecule has 0 aromatic heterocycles. The molecule has 3 fully saturated rings. The molecule has 2 aromatic carbocycles. The molecular formula is C26H32N2O4. The Labute approximate surface area is 189 Å². The second-order valence-electron chi connectivity index (χ2n) is 9.13. The number of carbonyl (C=O) groups is 1. The number of ether oxygens (including phenoxy) is 3. The summed E-state index contributed by atoms with van der Waals surface area (Å²) in [5.74, 6) is 1.33. The van der Waals surface area contributed by atoms with Gasteiger partial charge in [0, 0.05) is 19.2 Å². The van der Waals surface area contributed by atoms with E-state index in [4.69, 9.17) is 14.2 Å². The molecule has 32 heavy (non-hydrogen) atoms. The summed E-state index contributed by atoms with van der Waals surface area (Å²) in [5.41, 5.74) is 4.64. The van der Waals surface area contributed by atoms with Gasteiger partial charge in [-0.1, -0.05) is 36.4 Å². The van der Waals surface area contributed by atoms with Gasteiger partial charge in [0.05, 0.1) is 6.04 Å². The largest absolute Gasteiger partial charge is 0.467 e. The lowest BCUT2D eigenvalue weighted by atomic mass is 9.85. The summed E-state index contributed by atoms with van der Waals surface area (Å²) in [4.78, 5) is 15.1. The first-order chi connectivity index (χ1) is 15.7. The van der Waals surface area contributed by atoms with Gasteiger partial charge in [-0.05, 0) is 73.9 Å². The lowest BCUT2D eigenvalue weighted by Crippen LogP contribution is -2.52. The van der Waals surface area contributed by atoms with E-state index in [2.05, 4.69) is 34.5 Å². The molecule has 1 aliphatic carbocycles. The van der Waals surface area contributed by atoms with Gasteiger partial charge in [-0.25, -0.2) is 4.79 Å². The second kappa shape index (κ2) is 9.51. The van der Waals surface area contributed by atoms with Crippen LogP contribution in [0.4, 0.5) is 4.79 Å². The molecule has 170 valence electrons. The molecule has 4 aliphatic rings. The monoisotopic (exact) mass is 436 g/mol. The highest BCUT2D eigenvalue weighted by Crippen LogP contribution is 2.36. The molecule has 1 amide bonds. The molecule has 0 radical (unpaired) electrons. The Bertz CT molecular complexity index is 955.